The fraction of sp³-hybridized carbons (Fsp3) is 0.571. The van der Waals surface area contributed by atoms with Crippen molar-refractivity contribution in [2.45, 2.75) is 24.9 Å². The van der Waals surface area contributed by atoms with Crippen molar-refractivity contribution in [2.24, 2.45) is 5.73 Å². The predicted molar refractivity (Wildman–Crippen MR) is 83.7 cm³/mol. The van der Waals surface area contributed by atoms with E-state index in [0.717, 1.165) is 12.1 Å². The zero-order valence-electron chi connectivity index (χ0n) is 12.8. The molecule has 0 radical (unpaired) electrons. The first-order valence-corrected chi connectivity index (χ1v) is 8.60. The highest BCUT2D eigenvalue weighted by atomic mass is 28.4. The van der Waals surface area contributed by atoms with Crippen molar-refractivity contribution in [3.8, 4) is 0 Å². The lowest BCUT2D eigenvalue weighted by Crippen LogP contribution is -2.53. The van der Waals surface area contributed by atoms with E-state index in [-0.39, 0.29) is 11.6 Å². The monoisotopic (exact) mass is 298 g/mol. The molecular weight excluding hydrogens is 272 g/mol. The van der Waals surface area contributed by atoms with Gasteiger partial charge in [0.2, 0.25) is 0 Å². The highest BCUT2D eigenvalue weighted by molar-refractivity contribution is 6.62. The minimum atomic E-state index is -2.73. The Morgan fingerprint density at radius 2 is 1.65 bits per heavy atom. The lowest BCUT2D eigenvalue weighted by molar-refractivity contribution is 0.107. The molecule has 0 fully saturated rings. The molecule has 0 bridgehead atoms. The number of nitrogens with one attached hydrogen (secondary N) is 1. The number of hydrogen-bond donors (Lipinski definition) is 2. The third kappa shape index (κ3) is 4.03. The van der Waals surface area contributed by atoms with Gasteiger partial charge in [0.1, 0.15) is 0 Å². The van der Waals surface area contributed by atoms with Gasteiger partial charge in [0.05, 0.1) is 5.54 Å². The first-order chi connectivity index (χ1) is 9.63. The number of anilines is 1. The second-order valence-corrected chi connectivity index (χ2v) is 7.87. The molecule has 1 rings (SSSR count). The molecule has 20 heavy (non-hydrogen) atoms. The second kappa shape index (κ2) is 8.38. The van der Waals surface area contributed by atoms with E-state index in [2.05, 4.69) is 12.2 Å². The fourth-order valence-electron chi connectivity index (χ4n) is 2.51. The first kappa shape index (κ1) is 17.1. The second-order valence-electron chi connectivity index (χ2n) is 4.70. The van der Waals surface area contributed by atoms with Crippen molar-refractivity contribution in [2.75, 3.05) is 33.2 Å². The Morgan fingerprint density at radius 3 is 2.10 bits per heavy atom. The lowest BCUT2D eigenvalue weighted by Gasteiger charge is -2.36. The summed E-state index contributed by atoms with van der Waals surface area (Å²) < 4.78 is 16.8. The predicted octanol–water partition coefficient (Wildman–Crippen LogP) is 2.08. The summed E-state index contributed by atoms with van der Waals surface area (Å²) in [6, 6.07) is 10.2. The maximum Gasteiger partial charge on any atom is 0.505 e. The maximum absolute atomic E-state index is 5.75. The van der Waals surface area contributed by atoms with E-state index >= 15 is 0 Å². The van der Waals surface area contributed by atoms with Crippen molar-refractivity contribution in [3.05, 3.63) is 30.3 Å². The summed E-state index contributed by atoms with van der Waals surface area (Å²) in [6.45, 7) is 2.67. The summed E-state index contributed by atoms with van der Waals surface area (Å²) in [5.74, 6) is 0. The molecule has 0 heterocycles. The molecule has 0 aliphatic heterocycles. The Morgan fingerprint density at radius 1 is 1.10 bits per heavy atom. The van der Waals surface area contributed by atoms with Crippen molar-refractivity contribution < 1.29 is 13.3 Å². The Hall–Kier alpha value is -0.923. The topological polar surface area (TPSA) is 65.7 Å². The van der Waals surface area contributed by atoms with Crippen LogP contribution in [-0.4, -0.2) is 42.7 Å². The van der Waals surface area contributed by atoms with Crippen LogP contribution in [0.25, 0.3) is 0 Å². The normalized spacial score (nSPS) is 14.8. The molecule has 0 amide bonds. The van der Waals surface area contributed by atoms with Crippen LogP contribution in [0.4, 0.5) is 5.69 Å². The smallest absolute Gasteiger partial charge is 0.382 e. The van der Waals surface area contributed by atoms with Crippen LogP contribution in [0, 0.1) is 0 Å². The van der Waals surface area contributed by atoms with Gasteiger partial charge in [-0.15, -0.1) is 0 Å². The average molecular weight is 298 g/mol. The van der Waals surface area contributed by atoms with Crippen LogP contribution in [0.15, 0.2) is 30.3 Å². The van der Waals surface area contributed by atoms with E-state index in [1.54, 1.807) is 21.3 Å². The van der Waals surface area contributed by atoms with Gasteiger partial charge >= 0.3 is 8.80 Å². The molecule has 0 saturated heterocycles. The zero-order valence-corrected chi connectivity index (χ0v) is 13.8. The van der Waals surface area contributed by atoms with Gasteiger partial charge in [-0.25, -0.2) is 0 Å². The molecule has 114 valence electrons. The van der Waals surface area contributed by atoms with Crippen LogP contribution in [0.3, 0.4) is 0 Å². The molecule has 3 N–H and O–H groups in total. The van der Waals surface area contributed by atoms with Crippen LogP contribution in [0.1, 0.15) is 13.3 Å². The first-order valence-electron chi connectivity index (χ1n) is 6.80. The van der Waals surface area contributed by atoms with E-state index in [9.17, 15) is 0 Å². The Bertz CT molecular complexity index is 366. The zero-order chi connectivity index (χ0) is 15.0. The van der Waals surface area contributed by atoms with Crippen LogP contribution in [0.2, 0.25) is 5.54 Å². The number of rotatable bonds is 9. The Labute approximate surface area is 122 Å². The van der Waals surface area contributed by atoms with Gasteiger partial charge < -0.3 is 24.3 Å². The highest BCUT2D eigenvalue weighted by Crippen LogP contribution is 2.32. The van der Waals surface area contributed by atoms with E-state index in [4.69, 9.17) is 19.0 Å². The van der Waals surface area contributed by atoms with Crippen LogP contribution >= 0.6 is 0 Å². The summed E-state index contributed by atoms with van der Waals surface area (Å²) in [4.78, 5) is 0. The molecule has 5 nitrogen and oxygen atoms in total. The molecule has 0 spiro atoms. The number of para-hydroxylation sites is 1. The van der Waals surface area contributed by atoms with Gasteiger partial charge in [-0.05, 0) is 32.0 Å². The summed E-state index contributed by atoms with van der Waals surface area (Å²) >= 11 is 0. The van der Waals surface area contributed by atoms with Crippen molar-refractivity contribution in [1.82, 2.24) is 0 Å². The number of nitrogens with two attached hydrogens (primary N) is 1. The molecule has 6 heteroatoms. The maximum atomic E-state index is 5.75. The summed E-state index contributed by atoms with van der Waals surface area (Å²) in [7, 11) is 2.18. The molecule has 0 saturated carbocycles. The molecule has 0 aliphatic carbocycles. The third-order valence-corrected chi connectivity index (χ3v) is 6.96. The van der Waals surface area contributed by atoms with Crippen molar-refractivity contribution >= 4 is 14.5 Å². The number of benzene rings is 1. The third-order valence-electron chi connectivity index (χ3n) is 3.56. The van der Waals surface area contributed by atoms with E-state index < -0.39 is 8.80 Å². The summed E-state index contributed by atoms with van der Waals surface area (Å²) in [5.41, 5.74) is 6.90. The van der Waals surface area contributed by atoms with Crippen molar-refractivity contribution in [1.29, 1.82) is 0 Å². The van der Waals surface area contributed by atoms with Crippen molar-refractivity contribution in [3.63, 3.8) is 0 Å². The Kier molecular flexibility index (Phi) is 7.18. The Balaban J connectivity index is 2.88. The fourth-order valence-corrected chi connectivity index (χ4v) is 5.14. The number of hydrogen-bond acceptors (Lipinski definition) is 5. The van der Waals surface area contributed by atoms with Gasteiger partial charge in [-0.3, -0.25) is 0 Å². The quantitative estimate of drug-likeness (QED) is 0.683. The summed E-state index contributed by atoms with van der Waals surface area (Å²) in [6.07, 6.45) is 0.780. The van der Waals surface area contributed by atoms with Crippen LogP contribution in [0.5, 0.6) is 0 Å². The highest BCUT2D eigenvalue weighted by Gasteiger charge is 2.49. The van der Waals surface area contributed by atoms with Gasteiger partial charge in [0.15, 0.2) is 0 Å². The van der Waals surface area contributed by atoms with Gasteiger partial charge in [-0.2, -0.15) is 0 Å². The molecular formula is C14H26N2O3Si. The molecule has 2 atom stereocenters. The average Bonchev–Trinajstić information content (AvgIpc) is 2.49. The van der Waals surface area contributed by atoms with Gasteiger partial charge in [0, 0.05) is 33.1 Å². The van der Waals surface area contributed by atoms with Gasteiger partial charge in [0.25, 0.3) is 0 Å². The SMILES string of the molecule is CO[Si](OC)(OC)C(CCN)C(C)Nc1ccccc1. The standard InChI is InChI=1S/C14H26N2O3Si/c1-12(16-13-8-6-5-7-9-13)14(10-11-15)20(17-2,18-3)19-4/h5-9,12,14,16H,10-11,15H2,1-4H3. The molecule has 2 unspecified atom stereocenters. The lowest BCUT2D eigenvalue weighted by atomic mass is 10.1. The van der Waals surface area contributed by atoms with Crippen LogP contribution < -0.4 is 11.1 Å². The molecule has 1 aromatic carbocycles. The van der Waals surface area contributed by atoms with E-state index in [1.165, 1.54) is 0 Å². The molecule has 0 aromatic heterocycles. The molecule has 0 aliphatic rings. The summed E-state index contributed by atoms with van der Waals surface area (Å²) in [5, 5.41) is 3.47. The van der Waals surface area contributed by atoms with E-state index in [0.29, 0.717) is 6.54 Å². The van der Waals surface area contributed by atoms with Crippen LogP contribution in [-0.2, 0) is 13.3 Å². The largest absolute Gasteiger partial charge is 0.505 e. The minimum Gasteiger partial charge on any atom is -0.382 e. The minimum absolute atomic E-state index is 0.0905. The van der Waals surface area contributed by atoms with E-state index in [1.807, 2.05) is 30.3 Å². The van der Waals surface area contributed by atoms with Gasteiger partial charge in [-0.1, -0.05) is 18.2 Å². The molecule has 1 aromatic rings.